The molecule has 1 aliphatic heterocycles. The molecule has 0 amide bonds. The van der Waals surface area contributed by atoms with Crippen molar-refractivity contribution < 1.29 is 19.8 Å². The molecule has 6 nitrogen and oxygen atoms in total. The lowest BCUT2D eigenvalue weighted by Gasteiger charge is -2.34. The molecule has 8 heteroatoms. The van der Waals surface area contributed by atoms with Gasteiger partial charge < -0.3 is 20.5 Å². The van der Waals surface area contributed by atoms with Crippen LogP contribution in [0.2, 0.25) is 0 Å². The van der Waals surface area contributed by atoms with Crippen molar-refractivity contribution >= 4 is 33.5 Å². The van der Waals surface area contributed by atoms with Gasteiger partial charge in [0.15, 0.2) is 0 Å². The standard InChI is InChI=1S/C18H24NO5S2/c20-17(21)14-7-5-13(6-8-14)12-16(18(22)23)19(24)10-3-1-2-4-15-9-11-25-26-15/h5-8,15-16H,1-4,9-12H2,(H,20,21)(H,22,23)/q-1/t15-,16?/m1/s1. The van der Waals surface area contributed by atoms with E-state index in [1.165, 1.54) is 24.3 Å². The number of carbonyl (C=O) groups is 2. The largest absolute Gasteiger partial charge is 0.785 e. The molecule has 1 fully saturated rings. The molecule has 1 saturated heterocycles. The zero-order valence-corrected chi connectivity index (χ0v) is 16.1. The summed E-state index contributed by atoms with van der Waals surface area (Å²) in [6, 6.07) is 4.82. The molecule has 0 aromatic heterocycles. The van der Waals surface area contributed by atoms with Crippen LogP contribution in [0.15, 0.2) is 24.3 Å². The van der Waals surface area contributed by atoms with Gasteiger partial charge >= 0.3 is 11.9 Å². The summed E-state index contributed by atoms with van der Waals surface area (Å²) >= 11 is 0. The Morgan fingerprint density at radius 1 is 1.19 bits per heavy atom. The number of hydroxylamine groups is 2. The lowest BCUT2D eigenvalue weighted by atomic mass is 10.0. The molecule has 144 valence electrons. The van der Waals surface area contributed by atoms with Crippen LogP contribution in [0.25, 0.3) is 0 Å². The van der Waals surface area contributed by atoms with Crippen molar-refractivity contribution in [2.75, 3.05) is 12.3 Å². The van der Waals surface area contributed by atoms with Crippen LogP contribution in [0, 0.1) is 5.21 Å². The zero-order valence-electron chi connectivity index (χ0n) is 14.5. The molecule has 0 radical (unpaired) electrons. The number of aliphatic carboxylic acids is 1. The molecule has 1 heterocycles. The molecular formula is C18H24NO5S2-. The van der Waals surface area contributed by atoms with Crippen molar-refractivity contribution in [2.24, 2.45) is 0 Å². The van der Waals surface area contributed by atoms with E-state index in [1.54, 1.807) is 12.1 Å². The van der Waals surface area contributed by atoms with Crippen LogP contribution in [0.3, 0.4) is 0 Å². The maximum absolute atomic E-state index is 12.2. The molecule has 0 aliphatic carbocycles. The second-order valence-corrected chi connectivity index (χ2v) is 9.17. The molecule has 0 saturated carbocycles. The van der Waals surface area contributed by atoms with Gasteiger partial charge in [-0.25, -0.2) is 4.79 Å². The van der Waals surface area contributed by atoms with Crippen molar-refractivity contribution in [1.29, 1.82) is 0 Å². The third kappa shape index (κ3) is 6.83. The Kier molecular flexibility index (Phi) is 8.77. The Morgan fingerprint density at radius 3 is 2.50 bits per heavy atom. The molecule has 26 heavy (non-hydrogen) atoms. The van der Waals surface area contributed by atoms with Gasteiger partial charge in [0, 0.05) is 11.0 Å². The molecule has 1 unspecified atom stereocenters. The van der Waals surface area contributed by atoms with E-state index >= 15 is 0 Å². The molecule has 2 N–H and O–H groups in total. The Balaban J connectivity index is 1.76. The second kappa shape index (κ2) is 10.8. The number of nitrogens with zero attached hydrogens (tertiary/aromatic N) is 1. The maximum Gasteiger partial charge on any atom is 0.335 e. The van der Waals surface area contributed by atoms with Crippen molar-refractivity contribution in [2.45, 2.75) is 49.8 Å². The number of hydrogen-bond donors (Lipinski definition) is 2. The maximum atomic E-state index is 12.2. The number of carboxylic acids is 2. The first-order valence-corrected chi connectivity index (χ1v) is 11.1. The molecule has 2 rings (SSSR count). The highest BCUT2D eigenvalue weighted by molar-refractivity contribution is 8.77. The molecule has 0 bridgehead atoms. The highest BCUT2D eigenvalue weighted by Gasteiger charge is 2.20. The number of rotatable bonds is 11. The van der Waals surface area contributed by atoms with E-state index in [-0.39, 0.29) is 18.5 Å². The summed E-state index contributed by atoms with van der Waals surface area (Å²) < 4.78 is 0. The Morgan fingerprint density at radius 2 is 1.92 bits per heavy atom. The van der Waals surface area contributed by atoms with Crippen molar-refractivity contribution in [1.82, 2.24) is 5.06 Å². The van der Waals surface area contributed by atoms with E-state index in [9.17, 15) is 19.9 Å². The van der Waals surface area contributed by atoms with Gasteiger partial charge in [0.05, 0.1) is 5.56 Å². The van der Waals surface area contributed by atoms with Gasteiger partial charge in [0.2, 0.25) is 0 Å². The second-order valence-electron chi connectivity index (χ2n) is 6.38. The zero-order chi connectivity index (χ0) is 18.9. The SMILES string of the molecule is O=C(O)c1ccc(CC(C(=O)O)N([O-])CCCCC[C@@H]2CCSS2)cc1. The van der Waals surface area contributed by atoms with Gasteiger partial charge in [0.1, 0.15) is 6.04 Å². The lowest BCUT2D eigenvalue weighted by molar-refractivity contribution is -0.142. The van der Waals surface area contributed by atoms with Crippen molar-refractivity contribution in [3.63, 3.8) is 0 Å². The number of aromatic carboxylic acids is 1. The van der Waals surface area contributed by atoms with E-state index in [2.05, 4.69) is 0 Å². The monoisotopic (exact) mass is 398 g/mol. The average Bonchev–Trinajstić information content (AvgIpc) is 3.12. The normalized spacial score (nSPS) is 18.2. The first-order valence-electron chi connectivity index (χ1n) is 8.74. The first kappa shape index (κ1) is 21.1. The Labute approximate surface area is 161 Å². The van der Waals surface area contributed by atoms with Gasteiger partial charge in [0.25, 0.3) is 0 Å². The first-order chi connectivity index (χ1) is 12.5. The fraction of sp³-hybridized carbons (Fsp3) is 0.556. The van der Waals surface area contributed by atoms with E-state index < -0.39 is 18.0 Å². The predicted molar refractivity (Wildman–Crippen MR) is 106 cm³/mol. The molecule has 2 atom stereocenters. The van der Waals surface area contributed by atoms with Crippen LogP contribution in [0.4, 0.5) is 0 Å². The van der Waals surface area contributed by atoms with Crippen LogP contribution >= 0.6 is 21.6 Å². The minimum atomic E-state index is -1.15. The Hall–Kier alpha value is -1.22. The predicted octanol–water partition coefficient (Wildman–Crippen LogP) is 3.89. The third-order valence-corrected chi connectivity index (χ3v) is 7.40. The number of hydrogen-bond acceptors (Lipinski definition) is 6. The topological polar surface area (TPSA) is 101 Å². The van der Waals surface area contributed by atoms with Gasteiger partial charge in [-0.15, -0.1) is 0 Å². The molecule has 1 aromatic rings. The summed E-state index contributed by atoms with van der Waals surface area (Å²) in [7, 11) is 3.87. The minimum absolute atomic E-state index is 0.0642. The van der Waals surface area contributed by atoms with Gasteiger partial charge in [-0.1, -0.05) is 46.6 Å². The fourth-order valence-electron chi connectivity index (χ4n) is 2.86. The molecule has 1 aliphatic rings. The van der Waals surface area contributed by atoms with E-state index in [0.29, 0.717) is 17.0 Å². The van der Waals surface area contributed by atoms with Crippen LogP contribution in [-0.2, 0) is 11.2 Å². The van der Waals surface area contributed by atoms with E-state index in [1.807, 2.05) is 21.6 Å². The minimum Gasteiger partial charge on any atom is -0.785 e. The smallest absolute Gasteiger partial charge is 0.335 e. The summed E-state index contributed by atoms with van der Waals surface area (Å²) in [4.78, 5) is 22.3. The van der Waals surface area contributed by atoms with Crippen LogP contribution < -0.4 is 0 Å². The third-order valence-electron chi connectivity index (χ3n) is 4.39. The lowest BCUT2D eigenvalue weighted by Crippen LogP contribution is -2.39. The summed E-state index contributed by atoms with van der Waals surface area (Å²) in [5.74, 6) is -0.967. The summed E-state index contributed by atoms with van der Waals surface area (Å²) in [6.45, 7) is 0.205. The number of unbranched alkanes of at least 4 members (excludes halogenated alkanes) is 2. The number of benzene rings is 1. The molecule has 1 aromatic carbocycles. The van der Waals surface area contributed by atoms with E-state index in [4.69, 9.17) is 5.11 Å². The summed E-state index contributed by atoms with van der Waals surface area (Å²) in [5, 5.41) is 31.8. The summed E-state index contributed by atoms with van der Waals surface area (Å²) in [6.07, 6.45) is 5.17. The van der Waals surface area contributed by atoms with Gasteiger partial charge in [-0.2, -0.15) is 0 Å². The van der Waals surface area contributed by atoms with Crippen LogP contribution in [-0.4, -0.2) is 50.8 Å². The van der Waals surface area contributed by atoms with Crippen LogP contribution in [0.5, 0.6) is 0 Å². The van der Waals surface area contributed by atoms with Gasteiger partial charge in [-0.05, 0) is 49.9 Å². The van der Waals surface area contributed by atoms with Crippen LogP contribution in [0.1, 0.15) is 48.0 Å². The van der Waals surface area contributed by atoms with Gasteiger partial charge in [-0.3, -0.25) is 4.79 Å². The summed E-state index contributed by atoms with van der Waals surface area (Å²) in [5.41, 5.74) is 0.775. The highest BCUT2D eigenvalue weighted by Crippen LogP contribution is 2.39. The highest BCUT2D eigenvalue weighted by atomic mass is 33.1. The fourth-order valence-corrected chi connectivity index (χ4v) is 5.88. The van der Waals surface area contributed by atoms with E-state index in [0.717, 1.165) is 24.5 Å². The molecule has 0 spiro atoms. The quantitative estimate of drug-likeness (QED) is 0.329. The molecular weight excluding hydrogens is 374 g/mol. The number of carboxylic acid groups (broad SMARTS) is 2. The van der Waals surface area contributed by atoms with Crippen molar-refractivity contribution in [3.8, 4) is 0 Å². The average molecular weight is 399 g/mol. The van der Waals surface area contributed by atoms with Crippen molar-refractivity contribution in [3.05, 3.63) is 40.6 Å². The Bertz CT molecular complexity index is 590.